The SMILES string of the molecule is Cn1c(CO)cnc1SC1CCCc2c(Cl)ccnc21. The van der Waals surface area contributed by atoms with Gasteiger partial charge in [-0.15, -0.1) is 0 Å². The second kappa shape index (κ2) is 5.76. The van der Waals surface area contributed by atoms with E-state index in [-0.39, 0.29) is 11.9 Å². The van der Waals surface area contributed by atoms with Gasteiger partial charge in [0.25, 0.3) is 0 Å². The van der Waals surface area contributed by atoms with Crippen LogP contribution in [-0.4, -0.2) is 19.6 Å². The molecule has 1 aliphatic carbocycles. The first-order valence-corrected chi connectivity index (χ1v) is 7.88. The van der Waals surface area contributed by atoms with E-state index >= 15 is 0 Å². The van der Waals surface area contributed by atoms with Gasteiger partial charge in [-0.3, -0.25) is 4.98 Å². The Hall–Kier alpha value is -1.04. The van der Waals surface area contributed by atoms with Gasteiger partial charge in [0.1, 0.15) is 0 Å². The topological polar surface area (TPSA) is 50.9 Å². The van der Waals surface area contributed by atoms with Gasteiger partial charge < -0.3 is 9.67 Å². The molecule has 3 rings (SSSR count). The summed E-state index contributed by atoms with van der Waals surface area (Å²) in [6, 6.07) is 1.86. The Morgan fingerprint density at radius 1 is 1.50 bits per heavy atom. The number of hydrogen-bond acceptors (Lipinski definition) is 4. The van der Waals surface area contributed by atoms with E-state index in [2.05, 4.69) is 9.97 Å². The molecule has 2 heterocycles. The first-order chi connectivity index (χ1) is 9.70. The molecular formula is C14H16ClN3OS. The van der Waals surface area contributed by atoms with E-state index < -0.39 is 0 Å². The smallest absolute Gasteiger partial charge is 0.168 e. The average molecular weight is 310 g/mol. The summed E-state index contributed by atoms with van der Waals surface area (Å²) in [5.74, 6) is 0. The second-order valence-corrected chi connectivity index (χ2v) is 6.48. The maximum Gasteiger partial charge on any atom is 0.168 e. The van der Waals surface area contributed by atoms with Crippen molar-refractivity contribution in [3.8, 4) is 0 Å². The van der Waals surface area contributed by atoms with E-state index in [0.29, 0.717) is 0 Å². The highest BCUT2D eigenvalue weighted by Crippen LogP contribution is 2.43. The molecule has 0 spiro atoms. The van der Waals surface area contributed by atoms with Crippen LogP contribution in [0.1, 0.15) is 35.0 Å². The molecular weight excluding hydrogens is 294 g/mol. The molecule has 1 atom stereocenters. The van der Waals surface area contributed by atoms with E-state index in [1.54, 1.807) is 24.2 Å². The molecule has 0 aliphatic heterocycles. The number of fused-ring (bicyclic) bond motifs is 1. The quantitative estimate of drug-likeness (QED) is 0.946. The van der Waals surface area contributed by atoms with E-state index in [9.17, 15) is 5.11 Å². The van der Waals surface area contributed by atoms with Crippen LogP contribution in [-0.2, 0) is 20.1 Å². The van der Waals surface area contributed by atoms with E-state index in [0.717, 1.165) is 40.8 Å². The molecule has 0 radical (unpaired) electrons. The monoisotopic (exact) mass is 309 g/mol. The van der Waals surface area contributed by atoms with Gasteiger partial charge in [0, 0.05) is 18.3 Å². The molecule has 2 aromatic rings. The third-order valence-electron chi connectivity index (χ3n) is 3.68. The Labute approximate surface area is 127 Å². The molecule has 0 bridgehead atoms. The van der Waals surface area contributed by atoms with Crippen LogP contribution >= 0.6 is 23.4 Å². The normalized spacial score (nSPS) is 18.1. The minimum absolute atomic E-state index is 0.00932. The van der Waals surface area contributed by atoms with Crippen molar-refractivity contribution in [2.75, 3.05) is 0 Å². The van der Waals surface area contributed by atoms with Gasteiger partial charge in [0.05, 0.1) is 29.4 Å². The zero-order valence-corrected chi connectivity index (χ0v) is 12.8. The molecule has 0 aromatic carbocycles. The molecule has 106 valence electrons. The van der Waals surface area contributed by atoms with Crippen LogP contribution in [0.4, 0.5) is 0 Å². The van der Waals surface area contributed by atoms with Gasteiger partial charge in [0.15, 0.2) is 5.16 Å². The van der Waals surface area contributed by atoms with Crippen molar-refractivity contribution in [1.82, 2.24) is 14.5 Å². The number of pyridine rings is 1. The summed E-state index contributed by atoms with van der Waals surface area (Å²) in [5, 5.41) is 11.2. The largest absolute Gasteiger partial charge is 0.390 e. The molecule has 0 amide bonds. The van der Waals surface area contributed by atoms with Crippen LogP contribution in [0.2, 0.25) is 5.02 Å². The van der Waals surface area contributed by atoms with Crippen LogP contribution in [0.5, 0.6) is 0 Å². The van der Waals surface area contributed by atoms with Gasteiger partial charge in [-0.2, -0.15) is 0 Å². The van der Waals surface area contributed by atoms with E-state index in [1.807, 2.05) is 17.7 Å². The zero-order valence-electron chi connectivity index (χ0n) is 11.2. The third-order valence-corrected chi connectivity index (χ3v) is 5.37. The van der Waals surface area contributed by atoms with Crippen molar-refractivity contribution < 1.29 is 5.11 Å². The van der Waals surface area contributed by atoms with Gasteiger partial charge >= 0.3 is 0 Å². The third kappa shape index (κ3) is 2.45. The number of halogens is 1. The number of aliphatic hydroxyl groups excluding tert-OH is 1. The standard InChI is InChI=1S/C14H16ClN3OS/c1-18-9(8-19)7-17-14(18)20-12-4-2-3-10-11(15)5-6-16-13(10)12/h5-7,12,19H,2-4,8H2,1H3. The van der Waals surface area contributed by atoms with Crippen molar-refractivity contribution in [1.29, 1.82) is 0 Å². The Morgan fingerprint density at radius 2 is 2.35 bits per heavy atom. The summed E-state index contributed by atoms with van der Waals surface area (Å²) in [4.78, 5) is 8.90. The number of rotatable bonds is 3. The lowest BCUT2D eigenvalue weighted by atomic mass is 9.96. The van der Waals surface area contributed by atoms with Crippen molar-refractivity contribution in [3.05, 3.63) is 40.4 Å². The Balaban J connectivity index is 1.89. The predicted octanol–water partition coefficient (Wildman–Crippen LogP) is 3.13. The Bertz CT molecular complexity index is 629. The summed E-state index contributed by atoms with van der Waals surface area (Å²) in [6.45, 7) is 0.00932. The molecule has 0 saturated heterocycles. The molecule has 0 fully saturated rings. The minimum Gasteiger partial charge on any atom is -0.390 e. The molecule has 1 unspecified atom stereocenters. The number of aliphatic hydroxyl groups is 1. The highest BCUT2D eigenvalue weighted by Gasteiger charge is 2.25. The zero-order chi connectivity index (χ0) is 14.1. The fourth-order valence-corrected chi connectivity index (χ4v) is 4.02. The number of nitrogens with zero attached hydrogens (tertiary/aromatic N) is 3. The molecule has 6 heteroatoms. The van der Waals surface area contributed by atoms with Gasteiger partial charge in [0.2, 0.25) is 0 Å². The van der Waals surface area contributed by atoms with Gasteiger partial charge in [-0.05, 0) is 30.9 Å². The summed E-state index contributed by atoms with van der Waals surface area (Å²) >= 11 is 7.96. The van der Waals surface area contributed by atoms with Gasteiger partial charge in [-0.25, -0.2) is 4.98 Å². The minimum atomic E-state index is 0.00932. The molecule has 4 nitrogen and oxygen atoms in total. The number of aromatic nitrogens is 3. The van der Waals surface area contributed by atoms with E-state index in [1.165, 1.54) is 5.56 Å². The molecule has 0 saturated carbocycles. The fraction of sp³-hybridized carbons (Fsp3) is 0.429. The first-order valence-electron chi connectivity index (χ1n) is 6.62. The fourth-order valence-electron chi connectivity index (χ4n) is 2.53. The molecule has 1 N–H and O–H groups in total. The van der Waals surface area contributed by atoms with Crippen molar-refractivity contribution in [2.45, 2.75) is 36.3 Å². The summed E-state index contributed by atoms with van der Waals surface area (Å²) in [7, 11) is 1.93. The Kier molecular flexibility index (Phi) is 4.01. The van der Waals surface area contributed by atoms with Crippen LogP contribution < -0.4 is 0 Å². The van der Waals surface area contributed by atoms with Crippen LogP contribution in [0, 0.1) is 0 Å². The maximum atomic E-state index is 9.23. The van der Waals surface area contributed by atoms with Crippen molar-refractivity contribution >= 4 is 23.4 Å². The summed E-state index contributed by atoms with van der Waals surface area (Å²) in [5.41, 5.74) is 3.08. The Morgan fingerprint density at radius 3 is 3.10 bits per heavy atom. The van der Waals surface area contributed by atoms with Crippen molar-refractivity contribution in [2.24, 2.45) is 7.05 Å². The lowest BCUT2D eigenvalue weighted by Gasteiger charge is -2.24. The van der Waals surface area contributed by atoms with Crippen LogP contribution in [0.3, 0.4) is 0 Å². The number of imidazole rings is 1. The first kappa shape index (κ1) is 13.9. The molecule has 2 aromatic heterocycles. The highest BCUT2D eigenvalue weighted by atomic mass is 35.5. The maximum absolute atomic E-state index is 9.23. The van der Waals surface area contributed by atoms with Crippen LogP contribution in [0.15, 0.2) is 23.6 Å². The van der Waals surface area contributed by atoms with E-state index in [4.69, 9.17) is 11.6 Å². The molecule has 20 heavy (non-hydrogen) atoms. The predicted molar refractivity (Wildman–Crippen MR) is 79.9 cm³/mol. The lowest BCUT2D eigenvalue weighted by Crippen LogP contribution is -2.11. The van der Waals surface area contributed by atoms with Crippen molar-refractivity contribution in [3.63, 3.8) is 0 Å². The number of thioether (sulfide) groups is 1. The second-order valence-electron chi connectivity index (χ2n) is 4.90. The van der Waals surface area contributed by atoms with Gasteiger partial charge in [-0.1, -0.05) is 23.4 Å². The average Bonchev–Trinajstić information content (AvgIpc) is 2.81. The summed E-state index contributed by atoms with van der Waals surface area (Å²) < 4.78 is 1.93. The summed E-state index contributed by atoms with van der Waals surface area (Å²) in [6.07, 6.45) is 6.69. The van der Waals surface area contributed by atoms with Crippen LogP contribution in [0.25, 0.3) is 0 Å². The lowest BCUT2D eigenvalue weighted by molar-refractivity contribution is 0.271. The highest BCUT2D eigenvalue weighted by molar-refractivity contribution is 7.99. The number of hydrogen-bond donors (Lipinski definition) is 1. The molecule has 1 aliphatic rings.